The molecule has 154 valence electrons. The van der Waals surface area contributed by atoms with E-state index in [4.69, 9.17) is 0 Å². The number of hydrogen-bond acceptors (Lipinski definition) is 4. The van der Waals surface area contributed by atoms with Crippen molar-refractivity contribution in [3.8, 4) is 0 Å². The van der Waals surface area contributed by atoms with Crippen molar-refractivity contribution in [2.24, 2.45) is 12.1 Å². The van der Waals surface area contributed by atoms with Gasteiger partial charge in [-0.3, -0.25) is 14.3 Å². The van der Waals surface area contributed by atoms with Crippen molar-refractivity contribution in [2.45, 2.75) is 13.8 Å². The predicted octanol–water partition coefficient (Wildman–Crippen LogP) is 4.04. The summed E-state index contributed by atoms with van der Waals surface area (Å²) < 4.78 is 15.9. The molecule has 1 heterocycles. The highest BCUT2D eigenvalue weighted by Gasteiger charge is 2.18. The number of hydrogen-bond donors (Lipinski definition) is 2. The molecule has 0 unspecified atom stereocenters. The number of aromatic nitrogens is 2. The lowest BCUT2D eigenvalue weighted by molar-refractivity contribution is 0.0943. The lowest BCUT2D eigenvalue weighted by Crippen LogP contribution is -2.22. The summed E-state index contributed by atoms with van der Waals surface area (Å²) in [6, 6.07) is 12.6. The van der Waals surface area contributed by atoms with Crippen LogP contribution in [0, 0.1) is 12.7 Å². The number of nitrogens with zero attached hydrogens (tertiary/aromatic N) is 3. The average molecular weight is 472 g/mol. The van der Waals surface area contributed by atoms with Crippen molar-refractivity contribution < 1.29 is 14.0 Å². The number of amides is 2. The Balaban J connectivity index is 1.74. The predicted molar refractivity (Wildman–Crippen MR) is 116 cm³/mol. The van der Waals surface area contributed by atoms with E-state index in [0.717, 1.165) is 0 Å². The summed E-state index contributed by atoms with van der Waals surface area (Å²) in [4.78, 5) is 24.7. The van der Waals surface area contributed by atoms with Gasteiger partial charge in [-0.1, -0.05) is 24.3 Å². The quantitative estimate of drug-likeness (QED) is 0.434. The Labute approximate surface area is 181 Å². The third kappa shape index (κ3) is 4.62. The van der Waals surface area contributed by atoms with Gasteiger partial charge >= 0.3 is 0 Å². The van der Waals surface area contributed by atoms with Crippen molar-refractivity contribution in [3.05, 3.63) is 81.3 Å². The van der Waals surface area contributed by atoms with E-state index in [2.05, 4.69) is 36.9 Å². The molecule has 0 aliphatic carbocycles. The standard InChI is InChI=1S/C21H19BrFN5O2/c1-12(25-26-21(30)19-18(22)13(2)27-28(19)3)14-7-6-8-15(11-14)24-20(29)16-9-4-5-10-17(16)23/h4-11H,1-3H3,(H,24,29)(H,26,30). The first-order chi connectivity index (χ1) is 14.3. The Hall–Kier alpha value is -3.33. The fourth-order valence-electron chi connectivity index (χ4n) is 2.80. The first-order valence-corrected chi connectivity index (χ1v) is 9.77. The summed E-state index contributed by atoms with van der Waals surface area (Å²) in [5.74, 6) is -1.55. The van der Waals surface area contributed by atoms with Crippen molar-refractivity contribution in [2.75, 3.05) is 5.32 Å². The summed E-state index contributed by atoms with van der Waals surface area (Å²) in [6.45, 7) is 3.51. The van der Waals surface area contributed by atoms with Crippen molar-refractivity contribution in [3.63, 3.8) is 0 Å². The van der Waals surface area contributed by atoms with E-state index in [1.807, 2.05) is 0 Å². The number of carbonyl (C=O) groups excluding carboxylic acids is 2. The van der Waals surface area contributed by atoms with Crippen LogP contribution < -0.4 is 10.7 Å². The maximum absolute atomic E-state index is 13.8. The highest BCUT2D eigenvalue weighted by Crippen LogP contribution is 2.20. The number of nitrogens with one attached hydrogen (secondary N) is 2. The highest BCUT2D eigenvalue weighted by atomic mass is 79.9. The molecule has 0 aliphatic heterocycles. The van der Waals surface area contributed by atoms with Gasteiger partial charge in [0.15, 0.2) is 0 Å². The Kier molecular flexibility index (Phi) is 6.41. The van der Waals surface area contributed by atoms with Gasteiger partial charge in [0.1, 0.15) is 11.5 Å². The number of carbonyl (C=O) groups is 2. The third-order valence-electron chi connectivity index (χ3n) is 4.35. The molecule has 0 saturated heterocycles. The van der Waals surface area contributed by atoms with Crippen LogP contribution in [0.5, 0.6) is 0 Å². The second-order valence-electron chi connectivity index (χ2n) is 6.52. The van der Waals surface area contributed by atoms with Gasteiger partial charge in [-0.2, -0.15) is 10.2 Å². The van der Waals surface area contributed by atoms with Gasteiger partial charge in [-0.15, -0.1) is 0 Å². The van der Waals surface area contributed by atoms with Crippen molar-refractivity contribution >= 4 is 39.1 Å². The van der Waals surface area contributed by atoms with Crippen LogP contribution in [0.1, 0.15) is 39.0 Å². The Morgan fingerprint density at radius 2 is 1.87 bits per heavy atom. The van der Waals surface area contributed by atoms with Gasteiger partial charge in [0.25, 0.3) is 11.8 Å². The minimum Gasteiger partial charge on any atom is -0.322 e. The van der Waals surface area contributed by atoms with E-state index in [1.165, 1.54) is 22.9 Å². The van der Waals surface area contributed by atoms with Crippen LogP contribution in [-0.2, 0) is 7.05 Å². The van der Waals surface area contributed by atoms with Crippen LogP contribution in [-0.4, -0.2) is 27.3 Å². The molecule has 1 aromatic heterocycles. The number of hydrazone groups is 1. The topological polar surface area (TPSA) is 88.4 Å². The van der Waals surface area contributed by atoms with Gasteiger partial charge in [0, 0.05) is 12.7 Å². The maximum Gasteiger partial charge on any atom is 0.290 e. The van der Waals surface area contributed by atoms with Crippen LogP contribution >= 0.6 is 15.9 Å². The van der Waals surface area contributed by atoms with E-state index in [0.29, 0.717) is 32.8 Å². The zero-order chi connectivity index (χ0) is 21.8. The second-order valence-corrected chi connectivity index (χ2v) is 7.32. The zero-order valence-corrected chi connectivity index (χ0v) is 18.1. The number of anilines is 1. The summed E-state index contributed by atoms with van der Waals surface area (Å²) in [6.07, 6.45) is 0. The molecule has 0 spiro atoms. The molecule has 0 fully saturated rings. The van der Waals surface area contributed by atoms with Crippen LogP contribution in [0.25, 0.3) is 0 Å². The molecule has 0 atom stereocenters. The number of aryl methyl sites for hydroxylation is 2. The Bertz CT molecular complexity index is 1160. The van der Waals surface area contributed by atoms with Crippen molar-refractivity contribution in [1.82, 2.24) is 15.2 Å². The maximum atomic E-state index is 13.8. The van der Waals surface area contributed by atoms with E-state index >= 15 is 0 Å². The number of halogens is 2. The largest absolute Gasteiger partial charge is 0.322 e. The second kappa shape index (κ2) is 9.00. The summed E-state index contributed by atoms with van der Waals surface area (Å²) >= 11 is 3.35. The smallest absolute Gasteiger partial charge is 0.290 e. The highest BCUT2D eigenvalue weighted by molar-refractivity contribution is 9.10. The first kappa shape index (κ1) is 21.4. The van der Waals surface area contributed by atoms with E-state index < -0.39 is 17.6 Å². The summed E-state index contributed by atoms with van der Waals surface area (Å²) in [5, 5.41) is 11.0. The average Bonchev–Trinajstić information content (AvgIpc) is 2.98. The molecule has 0 saturated carbocycles. The zero-order valence-electron chi connectivity index (χ0n) is 16.5. The van der Waals surface area contributed by atoms with Gasteiger partial charge < -0.3 is 5.32 Å². The molecular weight excluding hydrogens is 453 g/mol. The lowest BCUT2D eigenvalue weighted by atomic mass is 10.1. The fourth-order valence-corrected chi connectivity index (χ4v) is 3.31. The molecular formula is C21H19BrFN5O2. The van der Waals surface area contributed by atoms with Gasteiger partial charge in [0.2, 0.25) is 0 Å². The molecule has 0 aliphatic rings. The SMILES string of the molecule is CC(=NNC(=O)c1c(Br)c(C)nn1C)c1cccc(NC(=O)c2ccccc2F)c1. The number of benzene rings is 2. The van der Waals surface area contributed by atoms with Gasteiger partial charge in [-0.25, -0.2) is 9.82 Å². The molecule has 30 heavy (non-hydrogen) atoms. The molecule has 0 bridgehead atoms. The summed E-state index contributed by atoms with van der Waals surface area (Å²) in [5.41, 5.74) is 5.20. The minimum atomic E-state index is -0.594. The minimum absolute atomic E-state index is 0.0439. The Morgan fingerprint density at radius 3 is 2.53 bits per heavy atom. The molecule has 0 radical (unpaired) electrons. The first-order valence-electron chi connectivity index (χ1n) is 8.98. The molecule has 3 aromatic rings. The molecule has 9 heteroatoms. The Morgan fingerprint density at radius 1 is 1.13 bits per heavy atom. The van der Waals surface area contributed by atoms with E-state index in [9.17, 15) is 14.0 Å². The normalized spacial score (nSPS) is 11.3. The fraction of sp³-hybridized carbons (Fsp3) is 0.143. The van der Waals surface area contributed by atoms with Crippen LogP contribution in [0.4, 0.5) is 10.1 Å². The van der Waals surface area contributed by atoms with Crippen LogP contribution in [0.15, 0.2) is 58.1 Å². The number of rotatable bonds is 5. The molecule has 7 nitrogen and oxygen atoms in total. The van der Waals surface area contributed by atoms with E-state index in [-0.39, 0.29) is 5.56 Å². The molecule has 2 amide bonds. The molecule has 3 rings (SSSR count). The third-order valence-corrected chi connectivity index (χ3v) is 5.30. The van der Waals surface area contributed by atoms with Crippen LogP contribution in [0.3, 0.4) is 0 Å². The lowest BCUT2D eigenvalue weighted by Gasteiger charge is -2.08. The van der Waals surface area contributed by atoms with Crippen molar-refractivity contribution in [1.29, 1.82) is 0 Å². The summed E-state index contributed by atoms with van der Waals surface area (Å²) in [7, 11) is 1.67. The van der Waals surface area contributed by atoms with Gasteiger partial charge in [-0.05, 0) is 59.6 Å². The van der Waals surface area contributed by atoms with Gasteiger partial charge in [0.05, 0.1) is 21.4 Å². The molecule has 2 aromatic carbocycles. The molecule has 2 N–H and O–H groups in total. The van der Waals surface area contributed by atoms with Crippen LogP contribution in [0.2, 0.25) is 0 Å². The van der Waals surface area contributed by atoms with E-state index in [1.54, 1.807) is 51.2 Å². The monoisotopic (exact) mass is 471 g/mol.